The van der Waals surface area contributed by atoms with Crippen LogP contribution in [0.1, 0.15) is 33.6 Å². The molecule has 1 aliphatic rings. The zero-order chi connectivity index (χ0) is 19.2. The molecule has 2 aromatic carbocycles. The third-order valence-electron chi connectivity index (χ3n) is 4.16. The highest BCUT2D eigenvalue weighted by Crippen LogP contribution is 2.23. The monoisotopic (exact) mass is 446 g/mol. The molecule has 0 radical (unpaired) electrons. The summed E-state index contributed by atoms with van der Waals surface area (Å²) in [7, 11) is 0. The van der Waals surface area contributed by atoms with Crippen LogP contribution in [0.4, 0.5) is 5.69 Å². The van der Waals surface area contributed by atoms with Gasteiger partial charge in [-0.25, -0.2) is 0 Å². The van der Waals surface area contributed by atoms with Crippen LogP contribution in [0.3, 0.4) is 0 Å². The summed E-state index contributed by atoms with van der Waals surface area (Å²) in [6, 6.07) is 14.4. The van der Waals surface area contributed by atoms with Crippen LogP contribution < -0.4 is 5.32 Å². The first kappa shape index (κ1) is 19.6. The van der Waals surface area contributed by atoms with E-state index in [0.717, 1.165) is 28.8 Å². The fourth-order valence-corrected chi connectivity index (χ4v) is 3.89. The molecular weight excluding hydrogens is 428 g/mol. The zero-order valence-corrected chi connectivity index (χ0v) is 17.0. The molecule has 2 aromatic rings. The molecule has 0 fully saturated rings. The van der Waals surface area contributed by atoms with Gasteiger partial charge < -0.3 is 5.32 Å². The number of nitrogens with one attached hydrogen (secondary N) is 1. The molecule has 0 atom stereocenters. The third kappa shape index (κ3) is 4.99. The largest absolute Gasteiger partial charge is 0.325 e. The van der Waals surface area contributed by atoms with Gasteiger partial charge in [-0.15, -0.1) is 0 Å². The number of benzene rings is 2. The van der Waals surface area contributed by atoms with Crippen molar-refractivity contribution >= 4 is 51.1 Å². The second-order valence-electron chi connectivity index (χ2n) is 6.12. The highest BCUT2D eigenvalue weighted by atomic mass is 79.9. The molecule has 0 bridgehead atoms. The van der Waals surface area contributed by atoms with Gasteiger partial charge in [0.05, 0.1) is 16.9 Å². The Hall–Kier alpha value is -2.12. The summed E-state index contributed by atoms with van der Waals surface area (Å²) in [5.74, 6) is 0.719. The van der Waals surface area contributed by atoms with Crippen LogP contribution in [0.2, 0.25) is 0 Å². The number of carbonyl (C=O) groups is 3. The quantitative estimate of drug-likeness (QED) is 0.487. The van der Waals surface area contributed by atoms with Gasteiger partial charge in [0.1, 0.15) is 0 Å². The Balaban J connectivity index is 1.33. The number of hydrogen-bond acceptors (Lipinski definition) is 4. The minimum absolute atomic E-state index is 0.0392. The van der Waals surface area contributed by atoms with Crippen molar-refractivity contribution in [3.8, 4) is 0 Å². The van der Waals surface area contributed by atoms with E-state index in [-0.39, 0.29) is 17.7 Å². The first-order valence-electron chi connectivity index (χ1n) is 8.64. The number of imide groups is 1. The first-order chi connectivity index (χ1) is 13.1. The minimum Gasteiger partial charge on any atom is -0.325 e. The molecule has 3 rings (SSSR count). The van der Waals surface area contributed by atoms with Crippen LogP contribution >= 0.6 is 27.7 Å². The highest BCUT2D eigenvalue weighted by molar-refractivity contribution is 9.10. The van der Waals surface area contributed by atoms with Crippen LogP contribution in [0.5, 0.6) is 0 Å². The molecule has 0 aliphatic carbocycles. The third-order valence-corrected chi connectivity index (χ3v) is 5.73. The Morgan fingerprint density at radius 3 is 2.22 bits per heavy atom. The summed E-state index contributed by atoms with van der Waals surface area (Å²) in [4.78, 5) is 37.7. The van der Waals surface area contributed by atoms with Gasteiger partial charge in [-0.1, -0.05) is 28.1 Å². The van der Waals surface area contributed by atoms with Crippen molar-refractivity contribution in [1.29, 1.82) is 0 Å². The average molecular weight is 447 g/mol. The van der Waals surface area contributed by atoms with Crippen molar-refractivity contribution in [2.75, 3.05) is 23.4 Å². The number of anilines is 1. The van der Waals surface area contributed by atoms with E-state index in [1.807, 2.05) is 24.3 Å². The molecule has 27 heavy (non-hydrogen) atoms. The van der Waals surface area contributed by atoms with Crippen molar-refractivity contribution in [3.63, 3.8) is 0 Å². The average Bonchev–Trinajstić information content (AvgIpc) is 2.91. The molecule has 3 amide bonds. The summed E-state index contributed by atoms with van der Waals surface area (Å²) in [5, 5.41) is 2.85. The van der Waals surface area contributed by atoms with E-state index in [1.165, 1.54) is 4.90 Å². The lowest BCUT2D eigenvalue weighted by atomic mass is 10.1. The van der Waals surface area contributed by atoms with E-state index in [2.05, 4.69) is 21.2 Å². The molecule has 1 aliphatic heterocycles. The van der Waals surface area contributed by atoms with Gasteiger partial charge in [-0.2, -0.15) is 11.8 Å². The van der Waals surface area contributed by atoms with E-state index < -0.39 is 0 Å². The van der Waals surface area contributed by atoms with E-state index in [4.69, 9.17) is 0 Å². The molecule has 0 spiro atoms. The fraction of sp³-hybridized carbons (Fsp3) is 0.250. The molecule has 0 aromatic heterocycles. The van der Waals surface area contributed by atoms with Gasteiger partial charge in [0.15, 0.2) is 0 Å². The van der Waals surface area contributed by atoms with E-state index in [9.17, 15) is 14.4 Å². The van der Waals surface area contributed by atoms with Crippen LogP contribution in [0, 0.1) is 0 Å². The number of unbranched alkanes of at least 4 members (excludes halogenated alkanes) is 1. The molecule has 5 nitrogen and oxygen atoms in total. The Labute approximate surface area is 170 Å². The lowest BCUT2D eigenvalue weighted by Crippen LogP contribution is -2.30. The number of thioether (sulfide) groups is 1. The number of fused-ring (bicyclic) bond motifs is 1. The molecule has 0 saturated carbocycles. The Morgan fingerprint density at radius 1 is 0.963 bits per heavy atom. The predicted octanol–water partition coefficient (Wildman–Crippen LogP) is 4.20. The number of carbonyl (C=O) groups excluding carboxylic acids is 3. The number of amides is 3. The summed E-state index contributed by atoms with van der Waals surface area (Å²) < 4.78 is 0.966. The maximum absolute atomic E-state index is 12.3. The van der Waals surface area contributed by atoms with Crippen molar-refractivity contribution in [2.24, 2.45) is 0 Å². The smallest absolute Gasteiger partial charge is 0.261 e. The predicted molar refractivity (Wildman–Crippen MR) is 111 cm³/mol. The molecule has 1 heterocycles. The van der Waals surface area contributed by atoms with Crippen LogP contribution in [-0.4, -0.2) is 40.7 Å². The molecule has 1 N–H and O–H groups in total. The lowest BCUT2D eigenvalue weighted by molar-refractivity contribution is -0.113. The number of hydrogen-bond donors (Lipinski definition) is 1. The van der Waals surface area contributed by atoms with Gasteiger partial charge in [-0.3, -0.25) is 19.3 Å². The molecule has 140 valence electrons. The Kier molecular flexibility index (Phi) is 6.68. The Morgan fingerprint density at radius 2 is 1.59 bits per heavy atom. The van der Waals surface area contributed by atoms with Gasteiger partial charge >= 0.3 is 0 Å². The van der Waals surface area contributed by atoms with Gasteiger partial charge in [0, 0.05) is 16.7 Å². The van der Waals surface area contributed by atoms with Crippen molar-refractivity contribution < 1.29 is 14.4 Å². The number of nitrogens with zero attached hydrogens (tertiary/aromatic N) is 1. The molecular formula is C20H19BrN2O3S. The number of halogens is 1. The van der Waals surface area contributed by atoms with Crippen LogP contribution in [-0.2, 0) is 4.79 Å². The van der Waals surface area contributed by atoms with Crippen LogP contribution in [0.15, 0.2) is 53.0 Å². The SMILES string of the molecule is O=C(CSCCCCN1C(=O)c2ccccc2C1=O)Nc1ccc(Br)cc1. The normalized spacial score (nSPS) is 13.0. The molecule has 7 heteroatoms. The van der Waals surface area contributed by atoms with E-state index >= 15 is 0 Å². The van der Waals surface area contributed by atoms with Gasteiger partial charge in [0.25, 0.3) is 11.8 Å². The second kappa shape index (κ2) is 9.19. The standard InChI is InChI=1S/C20H19BrN2O3S/c21-14-7-9-15(10-8-14)22-18(24)13-27-12-4-3-11-23-19(25)16-5-1-2-6-17(16)20(23)26/h1-2,5-10H,3-4,11-13H2,(H,22,24). The summed E-state index contributed by atoms with van der Waals surface area (Å²) >= 11 is 4.90. The topological polar surface area (TPSA) is 66.5 Å². The highest BCUT2D eigenvalue weighted by Gasteiger charge is 2.34. The van der Waals surface area contributed by atoms with Crippen molar-refractivity contribution in [1.82, 2.24) is 4.90 Å². The van der Waals surface area contributed by atoms with Crippen LogP contribution in [0.25, 0.3) is 0 Å². The fourth-order valence-electron chi connectivity index (χ4n) is 2.81. The molecule has 0 unspecified atom stereocenters. The first-order valence-corrected chi connectivity index (χ1v) is 10.6. The van der Waals surface area contributed by atoms with Crippen molar-refractivity contribution in [2.45, 2.75) is 12.8 Å². The van der Waals surface area contributed by atoms with E-state index in [0.29, 0.717) is 23.4 Å². The van der Waals surface area contributed by atoms with Crippen molar-refractivity contribution in [3.05, 3.63) is 64.1 Å². The molecule has 0 saturated heterocycles. The number of rotatable bonds is 8. The minimum atomic E-state index is -0.211. The Bertz CT molecular complexity index is 820. The zero-order valence-electron chi connectivity index (χ0n) is 14.6. The summed E-state index contributed by atoms with van der Waals surface area (Å²) in [6.45, 7) is 0.415. The maximum Gasteiger partial charge on any atom is 0.261 e. The van der Waals surface area contributed by atoms with Gasteiger partial charge in [-0.05, 0) is 55.0 Å². The summed E-state index contributed by atoms with van der Waals surface area (Å²) in [6.07, 6.45) is 1.57. The summed E-state index contributed by atoms with van der Waals surface area (Å²) in [5.41, 5.74) is 1.75. The van der Waals surface area contributed by atoms with E-state index in [1.54, 1.807) is 36.0 Å². The van der Waals surface area contributed by atoms with Gasteiger partial charge in [0.2, 0.25) is 5.91 Å². The maximum atomic E-state index is 12.3. The lowest BCUT2D eigenvalue weighted by Gasteiger charge is -2.13. The second-order valence-corrected chi connectivity index (χ2v) is 8.14.